The number of urea groups is 1. The topological polar surface area (TPSA) is 263 Å². The number of imidazole rings is 3. The number of hydrogen-bond donors (Lipinski definition) is 2. The molecule has 24 nitrogen and oxygen atoms in total. The van der Waals surface area contributed by atoms with Crippen LogP contribution in [0.25, 0.3) is 33.5 Å². The summed E-state index contributed by atoms with van der Waals surface area (Å²) in [5.74, 6) is 2.34. The Bertz CT molecular complexity index is 3050. The van der Waals surface area contributed by atoms with Crippen LogP contribution in [0.1, 0.15) is 13.8 Å². The maximum atomic E-state index is 12.0. The molecule has 0 bridgehead atoms. The molecule has 0 spiro atoms. The van der Waals surface area contributed by atoms with E-state index >= 15 is 0 Å². The Kier molecular flexibility index (Phi) is 11.9. The zero-order valence-corrected chi connectivity index (χ0v) is 34.1. The van der Waals surface area contributed by atoms with Gasteiger partial charge in [0.2, 0.25) is 0 Å². The van der Waals surface area contributed by atoms with E-state index < -0.39 is 18.2 Å². The molecule has 1 saturated heterocycles. The number of fused-ring (bicyclic) bond motifs is 4. The van der Waals surface area contributed by atoms with Gasteiger partial charge in [0.15, 0.2) is 34.7 Å². The number of terminal acetylenes is 1. The Balaban J connectivity index is 0.000000150. The van der Waals surface area contributed by atoms with Gasteiger partial charge in [0.25, 0.3) is 22.6 Å². The first-order valence-electron chi connectivity index (χ1n) is 17.8. The molecule has 2 atom stereocenters. The van der Waals surface area contributed by atoms with Gasteiger partial charge in [-0.05, 0) is 5.92 Å². The van der Waals surface area contributed by atoms with E-state index in [-0.39, 0.29) is 46.2 Å². The highest BCUT2D eigenvalue weighted by molar-refractivity contribution is 6.02. The minimum absolute atomic E-state index is 0.000926. The number of carbonyl (C=O) groups excluding carboxylic acids is 2. The maximum Gasteiger partial charge on any atom is 0.332 e. The molecule has 2 aliphatic rings. The van der Waals surface area contributed by atoms with E-state index in [4.69, 9.17) is 6.42 Å². The highest BCUT2D eigenvalue weighted by atomic mass is 16.2. The summed E-state index contributed by atoms with van der Waals surface area (Å²) in [6.07, 6.45) is 10.6. The molecule has 0 aliphatic carbocycles. The molecule has 3 amide bonds. The molecule has 2 unspecified atom stereocenters. The second-order valence-electron chi connectivity index (χ2n) is 14.1. The van der Waals surface area contributed by atoms with Gasteiger partial charge < -0.3 is 24.3 Å². The molecule has 2 N–H and O–H groups in total. The maximum absolute atomic E-state index is 12.0. The molecule has 312 valence electrons. The average Bonchev–Trinajstić information content (AvgIpc) is 4.04. The van der Waals surface area contributed by atoms with E-state index in [1.54, 1.807) is 51.0 Å². The van der Waals surface area contributed by atoms with Gasteiger partial charge in [-0.25, -0.2) is 39.1 Å². The number of nitrogens with one attached hydrogen (secondary N) is 2. The van der Waals surface area contributed by atoms with Gasteiger partial charge in [-0.2, -0.15) is 0 Å². The van der Waals surface area contributed by atoms with Crippen LogP contribution >= 0.6 is 0 Å². The molecule has 8 rings (SSSR count). The lowest BCUT2D eigenvalue weighted by Gasteiger charge is -2.39. The van der Waals surface area contributed by atoms with Gasteiger partial charge in [0.1, 0.15) is 11.0 Å². The van der Waals surface area contributed by atoms with Crippen molar-refractivity contribution < 1.29 is 9.59 Å². The van der Waals surface area contributed by atoms with Crippen LogP contribution in [0.2, 0.25) is 0 Å². The Morgan fingerprint density at radius 3 is 1.80 bits per heavy atom. The fraction of sp³-hybridized carbons (Fsp3) is 0.429. The third kappa shape index (κ3) is 7.51. The lowest BCUT2D eigenvalue weighted by molar-refractivity contribution is -0.136. The van der Waals surface area contributed by atoms with Crippen LogP contribution in [0.15, 0.2) is 52.7 Å². The number of aromatic nitrogens is 12. The highest BCUT2D eigenvalue weighted by Crippen LogP contribution is 2.23. The van der Waals surface area contributed by atoms with Gasteiger partial charge in [0, 0.05) is 62.9 Å². The Morgan fingerprint density at radius 1 is 0.695 bits per heavy atom. The fourth-order valence-electron chi connectivity index (χ4n) is 6.39. The van der Waals surface area contributed by atoms with Crippen molar-refractivity contribution in [2.45, 2.75) is 32.6 Å². The largest absolute Gasteiger partial charge is 0.351 e. The van der Waals surface area contributed by atoms with E-state index in [9.17, 15) is 38.4 Å². The van der Waals surface area contributed by atoms with Gasteiger partial charge in [-0.3, -0.25) is 51.5 Å². The van der Waals surface area contributed by atoms with Gasteiger partial charge in [-0.1, -0.05) is 19.8 Å². The van der Waals surface area contributed by atoms with Crippen molar-refractivity contribution in [1.82, 2.24) is 71.6 Å². The number of amides is 3. The minimum Gasteiger partial charge on any atom is -0.351 e. The van der Waals surface area contributed by atoms with Crippen LogP contribution in [-0.2, 0) is 53.6 Å². The van der Waals surface area contributed by atoms with Gasteiger partial charge in [0.05, 0.1) is 31.9 Å². The number of rotatable bonds is 3. The molecule has 0 radical (unpaired) electrons. The number of aromatic amines is 2. The number of aryl methyl sites for hydroxylation is 3. The van der Waals surface area contributed by atoms with Crippen molar-refractivity contribution in [2.24, 2.45) is 53.2 Å². The number of hydrogen-bond acceptors (Lipinski definition) is 13. The number of carbonyl (C=O) groups is 2. The zero-order valence-electron chi connectivity index (χ0n) is 34.1. The Labute approximate surface area is 332 Å². The monoisotopic (exact) mass is 816 g/mol. The predicted molar refractivity (Wildman–Crippen MR) is 216 cm³/mol. The molecular formula is C35H44N16O8. The highest BCUT2D eigenvalue weighted by Gasteiger charge is 2.48. The van der Waals surface area contributed by atoms with Crippen molar-refractivity contribution in [1.29, 1.82) is 0 Å². The molecule has 24 heteroatoms. The van der Waals surface area contributed by atoms with E-state index in [1.165, 1.54) is 58.7 Å². The lowest BCUT2D eigenvalue weighted by atomic mass is 10.1. The summed E-state index contributed by atoms with van der Waals surface area (Å²) in [5, 5.41) is 0. The van der Waals surface area contributed by atoms with Crippen molar-refractivity contribution >= 4 is 51.8 Å². The summed E-state index contributed by atoms with van der Waals surface area (Å²) in [6, 6.07) is -0.840. The van der Waals surface area contributed by atoms with Crippen molar-refractivity contribution in [2.75, 3.05) is 20.6 Å². The average molecular weight is 817 g/mol. The third-order valence-electron chi connectivity index (χ3n) is 9.63. The van der Waals surface area contributed by atoms with Crippen LogP contribution in [-0.4, -0.2) is 123 Å². The van der Waals surface area contributed by atoms with E-state index in [2.05, 4.69) is 35.8 Å². The molecule has 2 aliphatic heterocycles. The Hall–Kier alpha value is -7.58. The first-order chi connectivity index (χ1) is 27.8. The third-order valence-corrected chi connectivity index (χ3v) is 9.63. The van der Waals surface area contributed by atoms with Crippen LogP contribution in [0.4, 0.5) is 4.79 Å². The summed E-state index contributed by atoms with van der Waals surface area (Å²) in [6.45, 7) is 4.57. The summed E-state index contributed by atoms with van der Waals surface area (Å²) >= 11 is 0. The second-order valence-corrected chi connectivity index (χ2v) is 14.1. The number of imide groups is 1. The summed E-state index contributed by atoms with van der Waals surface area (Å²) in [7, 11) is 12.6. The molecule has 6 aromatic heterocycles. The normalized spacial score (nSPS) is 15.9. The molecule has 0 saturated carbocycles. The van der Waals surface area contributed by atoms with Crippen LogP contribution in [0, 0.1) is 18.3 Å². The van der Waals surface area contributed by atoms with Gasteiger partial charge in [-0.15, -0.1) is 6.42 Å². The summed E-state index contributed by atoms with van der Waals surface area (Å²) in [5.41, 5.74) is 0.345. The van der Waals surface area contributed by atoms with E-state index in [1.807, 2.05) is 13.8 Å². The quantitative estimate of drug-likeness (QED) is 0.172. The SMILES string of the molecule is C#CCN1C(=O)C2C(N=CN2C)N(C)C1=O.CC(C)Cn1c(=O)n(C)c(=O)c2[nH]cnc21.Cn1c(=O)c2[nH]cnc2n(C)c1=O.Cn1c(=O)c2c(ncn2C)n(C)c1=O. The predicted octanol–water partition coefficient (Wildman–Crippen LogP) is -2.81. The minimum atomic E-state index is -0.448. The number of likely N-dealkylation sites (N-methyl/N-ethyl adjacent to an activating group) is 2. The molecule has 6 aromatic rings. The molecule has 0 aromatic carbocycles. The van der Waals surface area contributed by atoms with Gasteiger partial charge >= 0.3 is 23.1 Å². The molecule has 1 fully saturated rings. The lowest BCUT2D eigenvalue weighted by Crippen LogP contribution is -2.64. The van der Waals surface area contributed by atoms with Crippen molar-refractivity contribution in [3.8, 4) is 12.3 Å². The standard InChI is InChI=1S/C10H14N4O2.C10H12N4O2.C8H10N4O2.C7H8N4O2/c1-6(2)4-14-8-7(11-5-12-8)9(15)13(3)10(14)16;1-4-5-14-9(15)7-8(11-6-12(7)2)13(3)10(14)16;1-10-4-9-6-5(10)7(13)12(3)8(14)11(6)2;1-10-5-4(8-3-9-5)6(12)11(2)7(10)13/h5-6H,4H2,1-3H3,(H,11,12);1,6-8H,5H2,2-3H3;4H,1-3H3;3H,1-2H3,(H,8,9). The van der Waals surface area contributed by atoms with E-state index in [0.717, 1.165) is 18.6 Å². The summed E-state index contributed by atoms with van der Waals surface area (Å²) < 4.78 is 9.03. The summed E-state index contributed by atoms with van der Waals surface area (Å²) in [4.78, 5) is 119. The first-order valence-corrected chi connectivity index (χ1v) is 17.8. The van der Waals surface area contributed by atoms with Crippen LogP contribution in [0.3, 0.4) is 0 Å². The van der Waals surface area contributed by atoms with Crippen LogP contribution < -0.4 is 33.7 Å². The molecular weight excluding hydrogens is 772 g/mol. The number of H-pyrrole nitrogens is 2. The zero-order chi connectivity index (χ0) is 43.8. The van der Waals surface area contributed by atoms with Crippen molar-refractivity contribution in [3.05, 3.63) is 81.5 Å². The number of nitrogens with zero attached hydrogens (tertiary/aromatic N) is 14. The number of aliphatic imine (C=N–C) groups is 1. The molecule has 8 heterocycles. The molecule has 59 heavy (non-hydrogen) atoms. The second kappa shape index (κ2) is 16.5. The fourth-order valence-corrected chi connectivity index (χ4v) is 6.39. The van der Waals surface area contributed by atoms with E-state index in [0.29, 0.717) is 46.0 Å². The first kappa shape index (κ1) is 42.6. The van der Waals surface area contributed by atoms with Crippen LogP contribution in [0.5, 0.6) is 0 Å². The van der Waals surface area contributed by atoms with Crippen molar-refractivity contribution in [3.63, 3.8) is 0 Å². The Morgan fingerprint density at radius 2 is 1.22 bits per heavy atom. The smallest absolute Gasteiger partial charge is 0.332 e.